The number of amides is 1. The number of hydrogen-bond donors (Lipinski definition) is 3. The number of rotatable bonds is 4. The van der Waals surface area contributed by atoms with E-state index in [1.807, 2.05) is 6.92 Å². The summed E-state index contributed by atoms with van der Waals surface area (Å²) in [6.45, 7) is 2.30. The molecule has 3 N–H and O–H groups in total. The molecular weight excluding hydrogens is 186 g/mol. The summed E-state index contributed by atoms with van der Waals surface area (Å²) in [5.41, 5.74) is 0. The first-order valence-electron chi connectivity index (χ1n) is 4.83. The second-order valence-electron chi connectivity index (χ2n) is 3.64. The fourth-order valence-corrected chi connectivity index (χ4v) is 1.41. The molecule has 1 heterocycles. The van der Waals surface area contributed by atoms with Gasteiger partial charge in [0.05, 0.1) is 12.7 Å². The number of carbonyl (C=O) groups excluding carboxylic acids is 1. The molecule has 0 aromatic carbocycles. The molecule has 1 aliphatic rings. The van der Waals surface area contributed by atoms with Gasteiger partial charge in [0.25, 0.3) is 0 Å². The average molecular weight is 203 g/mol. The molecule has 0 bridgehead atoms. The van der Waals surface area contributed by atoms with Gasteiger partial charge in [0.2, 0.25) is 5.91 Å². The van der Waals surface area contributed by atoms with Crippen LogP contribution in [0.2, 0.25) is 0 Å². The van der Waals surface area contributed by atoms with E-state index in [1.54, 1.807) is 0 Å². The SMILES string of the molecule is CC1CCOC1C(=O)NCC(O)CO. The fraction of sp³-hybridized carbons (Fsp3) is 0.889. The highest BCUT2D eigenvalue weighted by atomic mass is 16.5. The molecule has 0 saturated carbocycles. The summed E-state index contributed by atoms with van der Waals surface area (Å²) >= 11 is 0. The quantitative estimate of drug-likeness (QED) is 0.541. The molecule has 82 valence electrons. The van der Waals surface area contributed by atoms with Gasteiger partial charge in [-0.05, 0) is 12.3 Å². The van der Waals surface area contributed by atoms with Gasteiger partial charge in [-0.3, -0.25) is 4.79 Å². The predicted octanol–water partition coefficient (Wildman–Crippen LogP) is -1.12. The molecule has 1 aliphatic heterocycles. The lowest BCUT2D eigenvalue weighted by Gasteiger charge is -2.15. The maximum absolute atomic E-state index is 11.4. The highest BCUT2D eigenvalue weighted by Gasteiger charge is 2.30. The topological polar surface area (TPSA) is 78.8 Å². The van der Waals surface area contributed by atoms with E-state index in [9.17, 15) is 4.79 Å². The van der Waals surface area contributed by atoms with Crippen molar-refractivity contribution in [2.75, 3.05) is 19.8 Å². The minimum atomic E-state index is -0.893. The fourth-order valence-electron chi connectivity index (χ4n) is 1.41. The van der Waals surface area contributed by atoms with Crippen molar-refractivity contribution in [1.82, 2.24) is 5.32 Å². The Bertz CT molecular complexity index is 197. The van der Waals surface area contributed by atoms with Crippen molar-refractivity contribution in [2.24, 2.45) is 5.92 Å². The van der Waals surface area contributed by atoms with E-state index in [0.29, 0.717) is 6.61 Å². The maximum Gasteiger partial charge on any atom is 0.249 e. The average Bonchev–Trinajstić information content (AvgIpc) is 2.60. The zero-order valence-electron chi connectivity index (χ0n) is 8.27. The third-order valence-electron chi connectivity index (χ3n) is 2.37. The van der Waals surface area contributed by atoms with Crippen LogP contribution in [0.1, 0.15) is 13.3 Å². The normalized spacial score (nSPS) is 28.8. The van der Waals surface area contributed by atoms with E-state index in [0.717, 1.165) is 6.42 Å². The van der Waals surface area contributed by atoms with Gasteiger partial charge in [-0.1, -0.05) is 6.92 Å². The van der Waals surface area contributed by atoms with E-state index in [2.05, 4.69) is 5.32 Å². The largest absolute Gasteiger partial charge is 0.394 e. The number of aliphatic hydroxyl groups excluding tert-OH is 2. The Balaban J connectivity index is 2.27. The first-order chi connectivity index (χ1) is 6.65. The predicted molar refractivity (Wildman–Crippen MR) is 49.6 cm³/mol. The Hall–Kier alpha value is -0.650. The van der Waals surface area contributed by atoms with Gasteiger partial charge < -0.3 is 20.3 Å². The number of aliphatic hydroxyl groups is 2. The lowest BCUT2D eigenvalue weighted by molar-refractivity contribution is -0.132. The van der Waals surface area contributed by atoms with Crippen LogP contribution in [0.5, 0.6) is 0 Å². The summed E-state index contributed by atoms with van der Waals surface area (Å²) in [6, 6.07) is 0. The number of carbonyl (C=O) groups is 1. The van der Waals surface area contributed by atoms with Crippen molar-refractivity contribution in [3.8, 4) is 0 Å². The molecule has 5 heteroatoms. The standard InChI is InChI=1S/C9H17NO4/c1-6-2-3-14-8(6)9(13)10-4-7(12)5-11/h6-8,11-12H,2-5H2,1H3,(H,10,13). The molecule has 1 saturated heterocycles. The number of ether oxygens (including phenoxy) is 1. The summed E-state index contributed by atoms with van der Waals surface area (Å²) in [5, 5.41) is 20.1. The van der Waals surface area contributed by atoms with Gasteiger partial charge in [0, 0.05) is 13.2 Å². The van der Waals surface area contributed by atoms with E-state index < -0.39 is 12.2 Å². The maximum atomic E-state index is 11.4. The van der Waals surface area contributed by atoms with Gasteiger partial charge in [-0.25, -0.2) is 0 Å². The van der Waals surface area contributed by atoms with Crippen LogP contribution in [0, 0.1) is 5.92 Å². The van der Waals surface area contributed by atoms with Crippen LogP contribution < -0.4 is 5.32 Å². The van der Waals surface area contributed by atoms with Gasteiger partial charge >= 0.3 is 0 Å². The van der Waals surface area contributed by atoms with Crippen molar-refractivity contribution in [2.45, 2.75) is 25.6 Å². The molecule has 5 nitrogen and oxygen atoms in total. The van der Waals surface area contributed by atoms with Crippen LogP contribution in [-0.4, -0.2) is 48.1 Å². The number of hydrogen-bond acceptors (Lipinski definition) is 4. The highest BCUT2D eigenvalue weighted by Crippen LogP contribution is 2.19. The Morgan fingerprint density at radius 3 is 2.93 bits per heavy atom. The van der Waals surface area contributed by atoms with Crippen LogP contribution in [0.4, 0.5) is 0 Å². The summed E-state index contributed by atoms with van der Waals surface area (Å²) < 4.78 is 5.24. The van der Waals surface area contributed by atoms with Crippen LogP contribution in [0.25, 0.3) is 0 Å². The molecular formula is C9H17NO4. The number of nitrogens with one attached hydrogen (secondary N) is 1. The van der Waals surface area contributed by atoms with Crippen molar-refractivity contribution >= 4 is 5.91 Å². The molecule has 1 amide bonds. The third kappa shape index (κ3) is 2.94. The van der Waals surface area contributed by atoms with Crippen LogP contribution >= 0.6 is 0 Å². The summed E-state index contributed by atoms with van der Waals surface area (Å²) in [5.74, 6) is 0.0174. The second kappa shape index (κ2) is 5.29. The molecule has 0 aliphatic carbocycles. The second-order valence-corrected chi connectivity index (χ2v) is 3.64. The first kappa shape index (κ1) is 11.4. The van der Waals surface area contributed by atoms with Gasteiger partial charge in [0.1, 0.15) is 6.10 Å². The first-order valence-corrected chi connectivity index (χ1v) is 4.83. The summed E-state index contributed by atoms with van der Waals surface area (Å²) in [4.78, 5) is 11.4. The van der Waals surface area contributed by atoms with E-state index in [1.165, 1.54) is 0 Å². The van der Waals surface area contributed by atoms with Crippen LogP contribution in [-0.2, 0) is 9.53 Å². The zero-order valence-corrected chi connectivity index (χ0v) is 8.27. The van der Waals surface area contributed by atoms with Crippen molar-refractivity contribution in [3.63, 3.8) is 0 Å². The van der Waals surface area contributed by atoms with Crippen molar-refractivity contribution in [1.29, 1.82) is 0 Å². The van der Waals surface area contributed by atoms with E-state index >= 15 is 0 Å². The molecule has 0 radical (unpaired) electrons. The minimum Gasteiger partial charge on any atom is -0.394 e. The zero-order chi connectivity index (χ0) is 10.6. The minimum absolute atomic E-state index is 0.0713. The van der Waals surface area contributed by atoms with Crippen molar-refractivity contribution in [3.05, 3.63) is 0 Å². The van der Waals surface area contributed by atoms with Gasteiger partial charge in [-0.15, -0.1) is 0 Å². The smallest absolute Gasteiger partial charge is 0.249 e. The van der Waals surface area contributed by atoms with Gasteiger partial charge in [0.15, 0.2) is 0 Å². The molecule has 1 fully saturated rings. The molecule has 3 atom stereocenters. The van der Waals surface area contributed by atoms with Crippen LogP contribution in [0.15, 0.2) is 0 Å². The molecule has 3 unspecified atom stereocenters. The lowest BCUT2D eigenvalue weighted by Crippen LogP contribution is -2.41. The summed E-state index contributed by atoms with van der Waals surface area (Å²) in [7, 11) is 0. The van der Waals surface area contributed by atoms with E-state index in [-0.39, 0.29) is 25.0 Å². The molecule has 0 spiro atoms. The highest BCUT2D eigenvalue weighted by molar-refractivity contribution is 5.81. The Morgan fingerprint density at radius 2 is 2.43 bits per heavy atom. The molecule has 14 heavy (non-hydrogen) atoms. The summed E-state index contributed by atoms with van der Waals surface area (Å²) in [6.07, 6.45) is -0.405. The molecule has 1 rings (SSSR count). The van der Waals surface area contributed by atoms with Gasteiger partial charge in [-0.2, -0.15) is 0 Å². The van der Waals surface area contributed by atoms with Crippen LogP contribution in [0.3, 0.4) is 0 Å². The molecule has 0 aromatic heterocycles. The third-order valence-corrected chi connectivity index (χ3v) is 2.37. The lowest BCUT2D eigenvalue weighted by atomic mass is 10.0. The Morgan fingerprint density at radius 1 is 1.71 bits per heavy atom. The van der Waals surface area contributed by atoms with E-state index in [4.69, 9.17) is 14.9 Å². The van der Waals surface area contributed by atoms with Crippen molar-refractivity contribution < 1.29 is 19.7 Å². The Labute approximate surface area is 83.1 Å². The molecule has 0 aromatic rings. The monoisotopic (exact) mass is 203 g/mol. The Kier molecular flexibility index (Phi) is 4.31.